The molecule has 2 rings (SSSR count). The Labute approximate surface area is 121 Å². The van der Waals surface area contributed by atoms with Gasteiger partial charge in [-0.05, 0) is 43.9 Å². The first kappa shape index (κ1) is 14.9. The Morgan fingerprint density at radius 3 is 2.75 bits per heavy atom. The minimum atomic E-state index is 0.0638. The van der Waals surface area contributed by atoms with E-state index in [1.54, 1.807) is 0 Å². The molecular weight excluding hydrogens is 250 g/mol. The summed E-state index contributed by atoms with van der Waals surface area (Å²) in [7, 11) is 1.96. The van der Waals surface area contributed by atoms with Crippen molar-refractivity contribution in [2.75, 3.05) is 25.0 Å². The van der Waals surface area contributed by atoms with E-state index < -0.39 is 0 Å². The molecule has 1 fully saturated rings. The highest BCUT2D eigenvalue weighted by atomic mass is 16.2. The molecule has 4 heteroatoms. The number of carbonyl (C=O) groups excluding carboxylic acids is 1. The highest BCUT2D eigenvalue weighted by Crippen LogP contribution is 2.22. The van der Waals surface area contributed by atoms with Gasteiger partial charge in [0, 0.05) is 31.9 Å². The van der Waals surface area contributed by atoms with Gasteiger partial charge in [-0.2, -0.15) is 0 Å². The third kappa shape index (κ3) is 4.23. The Hall–Kier alpha value is -1.55. The van der Waals surface area contributed by atoms with Crippen molar-refractivity contribution in [1.82, 2.24) is 10.6 Å². The molecule has 20 heavy (non-hydrogen) atoms. The molecular formula is C16H25N3O. The van der Waals surface area contributed by atoms with E-state index in [9.17, 15) is 4.79 Å². The van der Waals surface area contributed by atoms with Crippen molar-refractivity contribution in [1.29, 1.82) is 0 Å². The molecule has 0 unspecified atom stereocenters. The molecule has 0 saturated heterocycles. The van der Waals surface area contributed by atoms with Gasteiger partial charge in [0.1, 0.15) is 0 Å². The van der Waals surface area contributed by atoms with Gasteiger partial charge in [0.15, 0.2) is 0 Å². The van der Waals surface area contributed by atoms with Gasteiger partial charge >= 0.3 is 0 Å². The van der Waals surface area contributed by atoms with Crippen LogP contribution in [0.2, 0.25) is 0 Å². The Bertz CT molecular complexity index is 469. The molecule has 2 N–H and O–H groups in total. The van der Waals surface area contributed by atoms with E-state index in [4.69, 9.17) is 0 Å². The number of rotatable bonds is 7. The van der Waals surface area contributed by atoms with E-state index in [0.29, 0.717) is 13.1 Å². The fraction of sp³-hybridized carbons (Fsp3) is 0.562. The molecule has 0 radical (unpaired) electrons. The van der Waals surface area contributed by atoms with Crippen LogP contribution in [0.25, 0.3) is 0 Å². The van der Waals surface area contributed by atoms with E-state index in [1.165, 1.54) is 24.0 Å². The Morgan fingerprint density at radius 2 is 2.15 bits per heavy atom. The summed E-state index contributed by atoms with van der Waals surface area (Å²) >= 11 is 0. The van der Waals surface area contributed by atoms with Gasteiger partial charge in [0.05, 0.1) is 6.54 Å². The standard InChI is InChI=1S/C16H25N3O/c1-4-17-16(20)11-19(3)15-8-5-13(9-12(15)2)10-18-14-6-7-14/h5,8-9,14,18H,4,6-7,10-11H2,1-3H3,(H,17,20). The third-order valence-electron chi connectivity index (χ3n) is 3.60. The zero-order chi connectivity index (χ0) is 14.5. The van der Waals surface area contributed by atoms with E-state index in [-0.39, 0.29) is 5.91 Å². The van der Waals surface area contributed by atoms with Crippen LogP contribution >= 0.6 is 0 Å². The van der Waals surface area contributed by atoms with Gasteiger partial charge < -0.3 is 15.5 Å². The predicted octanol–water partition coefficient (Wildman–Crippen LogP) is 1.82. The molecule has 1 amide bonds. The maximum absolute atomic E-state index is 11.6. The molecule has 0 spiro atoms. The quantitative estimate of drug-likeness (QED) is 0.798. The summed E-state index contributed by atoms with van der Waals surface area (Å²) in [5.74, 6) is 0.0638. The van der Waals surface area contributed by atoms with Crippen LogP contribution in [0.5, 0.6) is 0 Å². The summed E-state index contributed by atoms with van der Waals surface area (Å²) in [5, 5.41) is 6.35. The lowest BCUT2D eigenvalue weighted by atomic mass is 10.1. The molecule has 0 aromatic heterocycles. The van der Waals surface area contributed by atoms with Crippen LogP contribution in [0.1, 0.15) is 30.9 Å². The molecule has 0 heterocycles. The number of likely N-dealkylation sites (N-methyl/N-ethyl adjacent to an activating group) is 2. The third-order valence-corrected chi connectivity index (χ3v) is 3.60. The molecule has 1 aliphatic rings. The van der Waals surface area contributed by atoms with Crippen LogP contribution in [0.3, 0.4) is 0 Å². The monoisotopic (exact) mass is 275 g/mol. The average Bonchev–Trinajstić information content (AvgIpc) is 3.20. The van der Waals surface area contributed by atoms with Crippen molar-refractivity contribution in [3.8, 4) is 0 Å². The van der Waals surface area contributed by atoms with Crippen LogP contribution in [-0.4, -0.2) is 32.1 Å². The second-order valence-corrected chi connectivity index (χ2v) is 5.59. The van der Waals surface area contributed by atoms with Crippen molar-refractivity contribution in [2.45, 2.75) is 39.3 Å². The summed E-state index contributed by atoms with van der Waals surface area (Å²) in [4.78, 5) is 13.6. The number of aryl methyl sites for hydroxylation is 1. The summed E-state index contributed by atoms with van der Waals surface area (Å²) < 4.78 is 0. The average molecular weight is 275 g/mol. The molecule has 110 valence electrons. The Balaban J connectivity index is 1.94. The molecule has 0 bridgehead atoms. The molecule has 1 saturated carbocycles. The maximum atomic E-state index is 11.6. The SMILES string of the molecule is CCNC(=O)CN(C)c1ccc(CNC2CC2)cc1C. The second-order valence-electron chi connectivity index (χ2n) is 5.59. The number of hydrogen-bond acceptors (Lipinski definition) is 3. The highest BCUT2D eigenvalue weighted by Gasteiger charge is 2.20. The van der Waals surface area contributed by atoms with Gasteiger partial charge in [-0.3, -0.25) is 4.79 Å². The van der Waals surface area contributed by atoms with Crippen molar-refractivity contribution >= 4 is 11.6 Å². The van der Waals surface area contributed by atoms with Crippen LogP contribution in [0.4, 0.5) is 5.69 Å². The molecule has 1 aromatic carbocycles. The number of hydrogen-bond donors (Lipinski definition) is 2. The lowest BCUT2D eigenvalue weighted by Gasteiger charge is -2.21. The van der Waals surface area contributed by atoms with Crippen LogP contribution < -0.4 is 15.5 Å². The first-order valence-corrected chi connectivity index (χ1v) is 7.41. The van der Waals surface area contributed by atoms with Gasteiger partial charge in [0.25, 0.3) is 0 Å². The topological polar surface area (TPSA) is 44.4 Å². The van der Waals surface area contributed by atoms with Gasteiger partial charge in [-0.15, -0.1) is 0 Å². The number of nitrogens with one attached hydrogen (secondary N) is 2. The molecule has 4 nitrogen and oxygen atoms in total. The lowest BCUT2D eigenvalue weighted by Crippen LogP contribution is -2.35. The predicted molar refractivity (Wildman–Crippen MR) is 83.0 cm³/mol. The van der Waals surface area contributed by atoms with Crippen LogP contribution in [0, 0.1) is 6.92 Å². The van der Waals surface area contributed by atoms with Crippen molar-refractivity contribution < 1.29 is 4.79 Å². The van der Waals surface area contributed by atoms with Crippen LogP contribution in [0.15, 0.2) is 18.2 Å². The van der Waals surface area contributed by atoms with Crippen molar-refractivity contribution in [3.05, 3.63) is 29.3 Å². The summed E-state index contributed by atoms with van der Waals surface area (Å²) in [6.45, 7) is 6.05. The molecule has 1 aliphatic carbocycles. The van der Waals surface area contributed by atoms with Crippen LogP contribution in [-0.2, 0) is 11.3 Å². The van der Waals surface area contributed by atoms with Crippen molar-refractivity contribution in [3.63, 3.8) is 0 Å². The zero-order valence-electron chi connectivity index (χ0n) is 12.7. The highest BCUT2D eigenvalue weighted by molar-refractivity contribution is 5.81. The Kier molecular flexibility index (Phi) is 5.01. The van der Waals surface area contributed by atoms with Gasteiger partial charge in [-0.1, -0.05) is 12.1 Å². The van der Waals surface area contributed by atoms with Crippen molar-refractivity contribution in [2.24, 2.45) is 0 Å². The minimum Gasteiger partial charge on any atom is -0.365 e. The lowest BCUT2D eigenvalue weighted by molar-refractivity contribution is -0.119. The molecule has 0 aliphatic heterocycles. The number of anilines is 1. The number of amides is 1. The number of carbonyl (C=O) groups is 1. The van der Waals surface area contributed by atoms with E-state index in [2.05, 4.69) is 35.8 Å². The minimum absolute atomic E-state index is 0.0638. The summed E-state index contributed by atoms with van der Waals surface area (Å²) in [6.07, 6.45) is 2.62. The Morgan fingerprint density at radius 1 is 1.40 bits per heavy atom. The smallest absolute Gasteiger partial charge is 0.239 e. The summed E-state index contributed by atoms with van der Waals surface area (Å²) in [5.41, 5.74) is 3.64. The fourth-order valence-electron chi connectivity index (χ4n) is 2.36. The van der Waals surface area contributed by atoms with Gasteiger partial charge in [-0.25, -0.2) is 0 Å². The normalized spacial score (nSPS) is 14.2. The molecule has 1 aromatic rings. The van der Waals surface area contributed by atoms with E-state index >= 15 is 0 Å². The number of nitrogens with zero attached hydrogens (tertiary/aromatic N) is 1. The zero-order valence-corrected chi connectivity index (χ0v) is 12.7. The summed E-state index contributed by atoms with van der Waals surface area (Å²) in [6, 6.07) is 7.19. The van der Waals surface area contributed by atoms with E-state index in [1.807, 2.05) is 18.9 Å². The second kappa shape index (κ2) is 6.75. The van der Waals surface area contributed by atoms with E-state index in [0.717, 1.165) is 18.3 Å². The first-order valence-electron chi connectivity index (χ1n) is 7.41. The maximum Gasteiger partial charge on any atom is 0.239 e. The van der Waals surface area contributed by atoms with Gasteiger partial charge in [0.2, 0.25) is 5.91 Å². The molecule has 0 atom stereocenters. The fourth-order valence-corrected chi connectivity index (χ4v) is 2.36. The number of benzene rings is 1. The largest absolute Gasteiger partial charge is 0.365 e. The first-order chi connectivity index (χ1) is 9.60.